The van der Waals surface area contributed by atoms with Gasteiger partial charge in [0.15, 0.2) is 11.6 Å². The molecule has 1 aliphatic rings. The van der Waals surface area contributed by atoms with Crippen LogP contribution >= 0.6 is 0 Å². The van der Waals surface area contributed by atoms with Gasteiger partial charge in [0, 0.05) is 18.7 Å². The third-order valence-electron chi connectivity index (χ3n) is 3.72. The van der Waals surface area contributed by atoms with Crippen molar-refractivity contribution >= 4 is 17.0 Å². The maximum atomic E-state index is 13.7. The SMILES string of the molecule is COc1cc2c(cc1F)nc(N)n2C1CCN(C)C1. The molecule has 0 bridgehead atoms. The lowest BCUT2D eigenvalue weighted by Crippen LogP contribution is -2.17. The normalized spacial score (nSPS) is 20.3. The van der Waals surface area contributed by atoms with Gasteiger partial charge in [-0.15, -0.1) is 0 Å². The molecule has 2 aromatic rings. The molecule has 1 atom stereocenters. The van der Waals surface area contributed by atoms with Crippen molar-refractivity contribution in [3.8, 4) is 5.75 Å². The van der Waals surface area contributed by atoms with Crippen molar-refractivity contribution in [3.05, 3.63) is 17.9 Å². The summed E-state index contributed by atoms with van der Waals surface area (Å²) in [5, 5.41) is 0. The number of methoxy groups -OCH3 is 1. The van der Waals surface area contributed by atoms with E-state index in [0.29, 0.717) is 11.5 Å². The van der Waals surface area contributed by atoms with E-state index in [4.69, 9.17) is 10.5 Å². The summed E-state index contributed by atoms with van der Waals surface area (Å²) in [4.78, 5) is 6.49. The van der Waals surface area contributed by atoms with Gasteiger partial charge < -0.3 is 19.9 Å². The predicted octanol–water partition coefficient (Wildman–Crippen LogP) is 1.64. The molecule has 0 amide bonds. The molecule has 102 valence electrons. The number of likely N-dealkylation sites (tertiary alicyclic amines) is 1. The Hall–Kier alpha value is -1.82. The molecule has 1 saturated heterocycles. The third-order valence-corrected chi connectivity index (χ3v) is 3.72. The zero-order valence-corrected chi connectivity index (χ0v) is 11.1. The Bertz CT molecular complexity index is 625. The van der Waals surface area contributed by atoms with Gasteiger partial charge in [-0.25, -0.2) is 9.37 Å². The van der Waals surface area contributed by atoms with Crippen LogP contribution in [0.15, 0.2) is 12.1 Å². The Morgan fingerprint density at radius 2 is 2.26 bits per heavy atom. The van der Waals surface area contributed by atoms with Crippen molar-refractivity contribution in [2.45, 2.75) is 12.5 Å². The number of ether oxygens (including phenoxy) is 1. The summed E-state index contributed by atoms with van der Waals surface area (Å²) < 4.78 is 20.7. The van der Waals surface area contributed by atoms with Gasteiger partial charge in [-0.2, -0.15) is 0 Å². The zero-order chi connectivity index (χ0) is 13.6. The Kier molecular flexibility index (Phi) is 2.82. The molecule has 3 rings (SSSR count). The number of fused-ring (bicyclic) bond motifs is 1. The molecular formula is C13H17FN4O. The standard InChI is InChI=1S/C13H17FN4O/c1-17-4-3-8(7-17)18-11-6-12(19-2)9(14)5-10(11)16-13(18)15/h5-6,8H,3-4,7H2,1-2H3,(H2,15,16). The smallest absolute Gasteiger partial charge is 0.201 e. The van der Waals surface area contributed by atoms with Crippen LogP contribution in [0.5, 0.6) is 5.75 Å². The number of anilines is 1. The van der Waals surface area contributed by atoms with Crippen LogP contribution in [-0.4, -0.2) is 41.7 Å². The van der Waals surface area contributed by atoms with E-state index in [-0.39, 0.29) is 11.8 Å². The molecule has 19 heavy (non-hydrogen) atoms. The number of nitrogen functional groups attached to an aromatic ring is 1. The van der Waals surface area contributed by atoms with Crippen molar-refractivity contribution in [3.63, 3.8) is 0 Å². The number of imidazole rings is 1. The van der Waals surface area contributed by atoms with Crippen LogP contribution in [0.25, 0.3) is 11.0 Å². The number of halogens is 1. The second-order valence-corrected chi connectivity index (χ2v) is 5.02. The highest BCUT2D eigenvalue weighted by Crippen LogP contribution is 2.31. The number of rotatable bonds is 2. The van der Waals surface area contributed by atoms with Crippen LogP contribution in [0.3, 0.4) is 0 Å². The summed E-state index contributed by atoms with van der Waals surface area (Å²) in [5.41, 5.74) is 7.39. The Morgan fingerprint density at radius 1 is 1.47 bits per heavy atom. The van der Waals surface area contributed by atoms with Gasteiger partial charge >= 0.3 is 0 Å². The molecule has 0 aliphatic carbocycles. The molecule has 0 spiro atoms. The summed E-state index contributed by atoms with van der Waals surface area (Å²) in [6.07, 6.45) is 1.02. The van der Waals surface area contributed by atoms with E-state index in [2.05, 4.69) is 16.9 Å². The Labute approximate surface area is 110 Å². The molecule has 1 unspecified atom stereocenters. The van der Waals surface area contributed by atoms with Crippen LogP contribution in [0, 0.1) is 5.82 Å². The van der Waals surface area contributed by atoms with Gasteiger partial charge in [0.1, 0.15) is 0 Å². The molecule has 1 aliphatic heterocycles. The summed E-state index contributed by atoms with van der Waals surface area (Å²) in [6.45, 7) is 1.96. The quantitative estimate of drug-likeness (QED) is 0.896. The lowest BCUT2D eigenvalue weighted by atomic mass is 10.2. The minimum atomic E-state index is -0.414. The van der Waals surface area contributed by atoms with E-state index in [1.165, 1.54) is 13.2 Å². The van der Waals surface area contributed by atoms with Crippen LogP contribution < -0.4 is 10.5 Å². The molecular weight excluding hydrogens is 247 g/mol. The number of aromatic nitrogens is 2. The highest BCUT2D eigenvalue weighted by molar-refractivity contribution is 5.80. The van der Waals surface area contributed by atoms with Crippen molar-refractivity contribution in [1.29, 1.82) is 0 Å². The first-order valence-corrected chi connectivity index (χ1v) is 6.29. The molecule has 2 N–H and O–H groups in total. The van der Waals surface area contributed by atoms with E-state index in [1.54, 1.807) is 6.07 Å². The largest absolute Gasteiger partial charge is 0.494 e. The molecule has 1 aromatic heterocycles. The maximum absolute atomic E-state index is 13.7. The van der Waals surface area contributed by atoms with Crippen LogP contribution in [0.2, 0.25) is 0 Å². The fraction of sp³-hybridized carbons (Fsp3) is 0.462. The minimum Gasteiger partial charge on any atom is -0.494 e. The van der Waals surface area contributed by atoms with E-state index < -0.39 is 5.82 Å². The molecule has 2 heterocycles. The molecule has 5 nitrogen and oxygen atoms in total. The van der Waals surface area contributed by atoms with E-state index in [1.807, 2.05) is 4.57 Å². The zero-order valence-electron chi connectivity index (χ0n) is 11.1. The first kappa shape index (κ1) is 12.2. The van der Waals surface area contributed by atoms with E-state index in [0.717, 1.165) is 25.0 Å². The molecule has 0 saturated carbocycles. The summed E-state index contributed by atoms with van der Waals surface area (Å²) in [5.74, 6) is 0.242. The van der Waals surface area contributed by atoms with Crippen LogP contribution in [0.1, 0.15) is 12.5 Å². The van der Waals surface area contributed by atoms with Crippen LogP contribution in [0.4, 0.5) is 10.3 Å². The molecule has 6 heteroatoms. The maximum Gasteiger partial charge on any atom is 0.201 e. The van der Waals surface area contributed by atoms with Crippen molar-refractivity contribution in [1.82, 2.24) is 14.5 Å². The van der Waals surface area contributed by atoms with Gasteiger partial charge in [0.2, 0.25) is 5.95 Å². The monoisotopic (exact) mass is 264 g/mol. The summed E-state index contributed by atoms with van der Waals surface area (Å²) >= 11 is 0. The second-order valence-electron chi connectivity index (χ2n) is 5.02. The van der Waals surface area contributed by atoms with Gasteiger partial charge in [-0.1, -0.05) is 0 Å². The lowest BCUT2D eigenvalue weighted by Gasteiger charge is -2.15. The molecule has 0 radical (unpaired) electrons. The Morgan fingerprint density at radius 3 is 2.89 bits per heavy atom. The summed E-state index contributed by atoms with van der Waals surface area (Å²) in [7, 11) is 3.53. The predicted molar refractivity (Wildman–Crippen MR) is 71.8 cm³/mol. The van der Waals surface area contributed by atoms with Gasteiger partial charge in [0.25, 0.3) is 0 Å². The topological polar surface area (TPSA) is 56.3 Å². The fourth-order valence-corrected chi connectivity index (χ4v) is 2.78. The van der Waals surface area contributed by atoms with Crippen molar-refractivity contribution in [2.75, 3.05) is 33.0 Å². The summed E-state index contributed by atoms with van der Waals surface area (Å²) in [6, 6.07) is 3.33. The average molecular weight is 264 g/mol. The van der Waals surface area contributed by atoms with Gasteiger partial charge in [-0.3, -0.25) is 0 Å². The average Bonchev–Trinajstić information content (AvgIpc) is 2.90. The van der Waals surface area contributed by atoms with E-state index in [9.17, 15) is 4.39 Å². The van der Waals surface area contributed by atoms with E-state index >= 15 is 0 Å². The molecule has 1 fully saturated rings. The van der Waals surface area contributed by atoms with Crippen LogP contribution in [-0.2, 0) is 0 Å². The lowest BCUT2D eigenvalue weighted by molar-refractivity contribution is 0.386. The first-order valence-electron chi connectivity index (χ1n) is 6.29. The highest BCUT2D eigenvalue weighted by Gasteiger charge is 2.25. The Balaban J connectivity index is 2.15. The second kappa shape index (κ2) is 4.38. The number of hydrogen-bond acceptors (Lipinski definition) is 4. The van der Waals surface area contributed by atoms with Gasteiger partial charge in [0.05, 0.1) is 24.2 Å². The van der Waals surface area contributed by atoms with Crippen molar-refractivity contribution < 1.29 is 9.13 Å². The number of hydrogen-bond donors (Lipinski definition) is 1. The fourth-order valence-electron chi connectivity index (χ4n) is 2.78. The van der Waals surface area contributed by atoms with Gasteiger partial charge in [-0.05, 0) is 20.0 Å². The van der Waals surface area contributed by atoms with Crippen molar-refractivity contribution in [2.24, 2.45) is 0 Å². The molecule has 1 aromatic carbocycles. The highest BCUT2D eigenvalue weighted by atomic mass is 19.1. The number of benzene rings is 1. The minimum absolute atomic E-state index is 0.222. The number of likely N-dealkylation sites (N-methyl/N-ethyl adjacent to an activating group) is 1. The first-order chi connectivity index (χ1) is 9.10. The third kappa shape index (κ3) is 1.92. The number of nitrogens with zero attached hydrogens (tertiary/aromatic N) is 3. The number of nitrogens with two attached hydrogens (primary N) is 1.